The summed E-state index contributed by atoms with van der Waals surface area (Å²) in [6, 6.07) is 0. The first-order valence-electron chi connectivity index (χ1n) is 11.0. The average molecular weight is 483 g/mol. The van der Waals surface area contributed by atoms with Gasteiger partial charge in [0.1, 0.15) is 38.3 Å². The van der Waals surface area contributed by atoms with Crippen molar-refractivity contribution in [3.05, 3.63) is 25.0 Å². The Morgan fingerprint density at radius 3 is 0.909 bits per heavy atom. The molecular weight excluding hydrogens is 440 g/mol. The highest BCUT2D eigenvalue weighted by molar-refractivity contribution is 4.69. The summed E-state index contributed by atoms with van der Waals surface area (Å²) in [5.74, 6) is 0. The van der Waals surface area contributed by atoms with E-state index in [-0.39, 0.29) is 0 Å². The molecule has 0 bridgehead atoms. The van der Waals surface area contributed by atoms with Gasteiger partial charge in [-0.05, 0) is 0 Å². The van der Waals surface area contributed by atoms with Crippen LogP contribution >= 0.6 is 0 Å². The molecule has 0 aliphatic rings. The van der Waals surface area contributed by atoms with Gasteiger partial charge in [0.15, 0.2) is 0 Å². The topological polar surface area (TPSA) is 102 Å². The van der Waals surface area contributed by atoms with Crippen molar-refractivity contribution in [3.63, 3.8) is 0 Å². The number of rotatable bonds is 28. The van der Waals surface area contributed by atoms with Crippen LogP contribution in [0.25, 0.3) is 0 Å². The van der Waals surface area contributed by atoms with Gasteiger partial charge in [0.25, 0.3) is 0 Å². The molecule has 196 valence electrons. The first kappa shape index (κ1) is 31.6. The van der Waals surface area contributed by atoms with Gasteiger partial charge < -0.3 is 52.1 Å². The number of ether oxygens (including phenoxy) is 11. The van der Waals surface area contributed by atoms with E-state index in [9.17, 15) is 0 Å². The SMILES string of the molecule is COCCOCCOCCOCCOC=COC=COCCOCCOCCOCCOC. The molecule has 0 saturated heterocycles. The lowest BCUT2D eigenvalue weighted by Crippen LogP contribution is -2.12. The third-order valence-electron chi connectivity index (χ3n) is 3.50. The van der Waals surface area contributed by atoms with E-state index in [0.29, 0.717) is 106 Å². The van der Waals surface area contributed by atoms with E-state index in [1.165, 1.54) is 25.0 Å². The van der Waals surface area contributed by atoms with Crippen LogP contribution < -0.4 is 0 Å². The van der Waals surface area contributed by atoms with Crippen molar-refractivity contribution in [2.45, 2.75) is 0 Å². The summed E-state index contributed by atoms with van der Waals surface area (Å²) in [6.45, 7) is 8.30. The monoisotopic (exact) mass is 482 g/mol. The molecule has 11 nitrogen and oxygen atoms in total. The van der Waals surface area contributed by atoms with Crippen molar-refractivity contribution in [1.29, 1.82) is 0 Å². The summed E-state index contributed by atoms with van der Waals surface area (Å²) >= 11 is 0. The fourth-order valence-corrected chi connectivity index (χ4v) is 1.91. The maximum absolute atomic E-state index is 5.37. The van der Waals surface area contributed by atoms with Crippen LogP contribution in [0, 0.1) is 0 Å². The maximum atomic E-state index is 5.37. The Kier molecular flexibility index (Phi) is 29.2. The fourth-order valence-electron chi connectivity index (χ4n) is 1.91. The summed E-state index contributed by atoms with van der Waals surface area (Å²) in [4.78, 5) is 0. The Morgan fingerprint density at radius 2 is 0.606 bits per heavy atom. The van der Waals surface area contributed by atoms with Gasteiger partial charge in [-0.3, -0.25) is 0 Å². The standard InChI is InChI=1S/C22H42O11/c1-23-3-5-25-7-9-27-11-13-29-15-17-31-19-21-33-22-20-32-18-16-30-14-12-28-10-8-26-6-4-24-2/h19-22H,3-18H2,1-2H3. The normalized spacial score (nSPS) is 11.6. The highest BCUT2D eigenvalue weighted by atomic mass is 16.6. The molecule has 0 atom stereocenters. The van der Waals surface area contributed by atoms with E-state index < -0.39 is 0 Å². The van der Waals surface area contributed by atoms with Crippen molar-refractivity contribution in [2.75, 3.05) is 120 Å². The van der Waals surface area contributed by atoms with Crippen LogP contribution in [0.3, 0.4) is 0 Å². The molecule has 0 rings (SSSR count). The first-order valence-corrected chi connectivity index (χ1v) is 11.0. The molecule has 0 radical (unpaired) electrons. The van der Waals surface area contributed by atoms with Crippen LogP contribution in [0.15, 0.2) is 25.0 Å². The molecule has 0 N–H and O–H groups in total. The Balaban J connectivity index is 3.14. The molecule has 0 aliphatic heterocycles. The number of hydrogen-bond acceptors (Lipinski definition) is 11. The van der Waals surface area contributed by atoms with E-state index in [2.05, 4.69) is 0 Å². The Bertz CT molecular complexity index is 372. The second-order valence-electron chi connectivity index (χ2n) is 6.08. The van der Waals surface area contributed by atoms with Crippen LogP contribution in [0.4, 0.5) is 0 Å². The van der Waals surface area contributed by atoms with Gasteiger partial charge in [-0.25, -0.2) is 0 Å². The van der Waals surface area contributed by atoms with Gasteiger partial charge in [0.05, 0.1) is 92.5 Å². The Hall–Kier alpha value is -1.44. The lowest BCUT2D eigenvalue weighted by molar-refractivity contribution is -0.00212. The summed E-state index contributed by atoms with van der Waals surface area (Å²) in [5, 5.41) is 0. The molecule has 33 heavy (non-hydrogen) atoms. The van der Waals surface area contributed by atoms with Gasteiger partial charge in [-0.2, -0.15) is 0 Å². The second-order valence-corrected chi connectivity index (χ2v) is 6.08. The molecule has 0 aromatic carbocycles. The molecule has 0 unspecified atom stereocenters. The van der Waals surface area contributed by atoms with Crippen molar-refractivity contribution in [2.24, 2.45) is 0 Å². The summed E-state index contributed by atoms with van der Waals surface area (Å²) in [7, 11) is 3.28. The average Bonchev–Trinajstić information content (AvgIpc) is 2.83. The van der Waals surface area contributed by atoms with E-state index in [1.54, 1.807) is 14.2 Å². The minimum absolute atomic E-state index is 0.419. The lowest BCUT2D eigenvalue weighted by Gasteiger charge is -2.06. The zero-order chi connectivity index (χ0) is 23.9. The second kappa shape index (κ2) is 30.6. The Morgan fingerprint density at radius 1 is 0.333 bits per heavy atom. The third-order valence-corrected chi connectivity index (χ3v) is 3.50. The van der Waals surface area contributed by atoms with Crippen LogP contribution in [0.1, 0.15) is 0 Å². The molecule has 0 aromatic rings. The largest absolute Gasteiger partial charge is 0.496 e. The van der Waals surface area contributed by atoms with Crippen LogP contribution in [0.2, 0.25) is 0 Å². The molecule has 11 heteroatoms. The first-order chi connectivity index (χ1) is 16.4. The molecule has 0 fully saturated rings. The van der Waals surface area contributed by atoms with E-state index in [4.69, 9.17) is 52.1 Å². The lowest BCUT2D eigenvalue weighted by atomic mass is 10.7. The molecule has 0 heterocycles. The third kappa shape index (κ3) is 30.6. The predicted molar refractivity (Wildman–Crippen MR) is 120 cm³/mol. The van der Waals surface area contributed by atoms with Gasteiger partial charge in [-0.15, -0.1) is 0 Å². The molecule has 0 spiro atoms. The predicted octanol–water partition coefficient (Wildman–Crippen LogP) is 1.37. The van der Waals surface area contributed by atoms with Gasteiger partial charge >= 0.3 is 0 Å². The molecule has 0 aromatic heterocycles. The molecule has 0 aliphatic carbocycles. The van der Waals surface area contributed by atoms with Crippen LogP contribution in [0.5, 0.6) is 0 Å². The highest BCUT2D eigenvalue weighted by Gasteiger charge is 1.93. The van der Waals surface area contributed by atoms with Crippen molar-refractivity contribution in [1.82, 2.24) is 0 Å². The highest BCUT2D eigenvalue weighted by Crippen LogP contribution is 1.88. The van der Waals surface area contributed by atoms with Crippen LogP contribution in [-0.2, 0) is 52.1 Å². The molecule has 0 saturated carbocycles. The van der Waals surface area contributed by atoms with Crippen LogP contribution in [-0.4, -0.2) is 120 Å². The smallest absolute Gasteiger partial charge is 0.125 e. The van der Waals surface area contributed by atoms with Gasteiger partial charge in [0.2, 0.25) is 0 Å². The van der Waals surface area contributed by atoms with Crippen molar-refractivity contribution >= 4 is 0 Å². The summed E-state index contributed by atoms with van der Waals surface area (Å²) in [6.07, 6.45) is 5.68. The van der Waals surface area contributed by atoms with Crippen molar-refractivity contribution < 1.29 is 52.1 Å². The van der Waals surface area contributed by atoms with E-state index in [0.717, 1.165) is 0 Å². The maximum Gasteiger partial charge on any atom is 0.125 e. The zero-order valence-corrected chi connectivity index (χ0v) is 20.1. The van der Waals surface area contributed by atoms with E-state index >= 15 is 0 Å². The number of hydrogen-bond donors (Lipinski definition) is 0. The van der Waals surface area contributed by atoms with Crippen molar-refractivity contribution in [3.8, 4) is 0 Å². The van der Waals surface area contributed by atoms with E-state index in [1.807, 2.05) is 0 Å². The zero-order valence-electron chi connectivity index (χ0n) is 20.1. The van der Waals surface area contributed by atoms with Gasteiger partial charge in [-0.1, -0.05) is 0 Å². The molecular formula is C22H42O11. The number of methoxy groups -OCH3 is 2. The summed E-state index contributed by atoms with van der Waals surface area (Å²) in [5.41, 5.74) is 0. The minimum Gasteiger partial charge on any atom is -0.496 e. The quantitative estimate of drug-likeness (QED) is 0.119. The van der Waals surface area contributed by atoms with Gasteiger partial charge in [0, 0.05) is 14.2 Å². The summed E-state index contributed by atoms with van der Waals surface area (Å²) < 4.78 is 57.2. The molecule has 0 amide bonds. The minimum atomic E-state index is 0.419. The Labute approximate surface area is 197 Å². The fraction of sp³-hybridized carbons (Fsp3) is 0.818.